The number of carbonyl (C=O) groups is 1. The van der Waals surface area contributed by atoms with E-state index < -0.39 is 11.5 Å². The van der Waals surface area contributed by atoms with Crippen LogP contribution in [-0.2, 0) is 4.79 Å². The fraction of sp³-hybridized carbons (Fsp3) is 0.909. The highest BCUT2D eigenvalue weighted by molar-refractivity contribution is 5.79. The summed E-state index contributed by atoms with van der Waals surface area (Å²) in [4.78, 5) is 11.2. The van der Waals surface area contributed by atoms with Crippen LogP contribution < -0.4 is 5.32 Å². The first-order valence-electron chi connectivity index (χ1n) is 5.47. The SMILES string of the molecule is CC1(C)CC1NC1(C(=O)O)CCCC1. The standard InChI is InChI=1S/C11H19NO2/c1-10(2)7-8(10)12-11(9(13)14)5-3-4-6-11/h8,12H,3-7H2,1-2H3,(H,13,14). The van der Waals surface area contributed by atoms with E-state index in [-0.39, 0.29) is 0 Å². The summed E-state index contributed by atoms with van der Waals surface area (Å²) in [6.45, 7) is 4.38. The molecule has 14 heavy (non-hydrogen) atoms. The molecule has 2 N–H and O–H groups in total. The number of carboxylic acids is 1. The van der Waals surface area contributed by atoms with Crippen LogP contribution in [0.3, 0.4) is 0 Å². The van der Waals surface area contributed by atoms with E-state index in [1.165, 1.54) is 0 Å². The lowest BCUT2D eigenvalue weighted by molar-refractivity contribution is -0.144. The van der Waals surface area contributed by atoms with Crippen molar-refractivity contribution >= 4 is 5.97 Å². The Kier molecular flexibility index (Phi) is 2.11. The summed E-state index contributed by atoms with van der Waals surface area (Å²) in [7, 11) is 0. The van der Waals surface area contributed by atoms with Crippen molar-refractivity contribution in [3.63, 3.8) is 0 Å². The normalized spacial score (nSPS) is 32.9. The van der Waals surface area contributed by atoms with E-state index in [4.69, 9.17) is 0 Å². The number of aliphatic carboxylic acids is 1. The molecule has 1 atom stereocenters. The van der Waals surface area contributed by atoms with Crippen LogP contribution in [0.5, 0.6) is 0 Å². The zero-order chi connectivity index (χ0) is 10.4. The second-order valence-corrected chi connectivity index (χ2v) is 5.48. The average molecular weight is 197 g/mol. The van der Waals surface area contributed by atoms with Crippen molar-refractivity contribution in [1.29, 1.82) is 0 Å². The summed E-state index contributed by atoms with van der Waals surface area (Å²) in [5.41, 5.74) is -0.288. The molecule has 0 aromatic rings. The molecule has 0 bridgehead atoms. The van der Waals surface area contributed by atoms with E-state index in [0.29, 0.717) is 11.5 Å². The van der Waals surface area contributed by atoms with E-state index in [1.54, 1.807) is 0 Å². The van der Waals surface area contributed by atoms with E-state index >= 15 is 0 Å². The van der Waals surface area contributed by atoms with Crippen molar-refractivity contribution in [3.05, 3.63) is 0 Å². The first-order valence-corrected chi connectivity index (χ1v) is 5.47. The summed E-state index contributed by atoms with van der Waals surface area (Å²) >= 11 is 0. The Morgan fingerprint density at radius 2 is 1.86 bits per heavy atom. The van der Waals surface area contributed by atoms with E-state index in [9.17, 15) is 9.90 Å². The third-order valence-electron chi connectivity index (χ3n) is 3.83. The molecule has 3 nitrogen and oxygen atoms in total. The van der Waals surface area contributed by atoms with Crippen LogP contribution in [0.4, 0.5) is 0 Å². The molecule has 0 saturated heterocycles. The van der Waals surface area contributed by atoms with Gasteiger partial charge in [0.1, 0.15) is 5.54 Å². The van der Waals surface area contributed by atoms with Gasteiger partial charge in [0.25, 0.3) is 0 Å². The van der Waals surface area contributed by atoms with Crippen molar-refractivity contribution in [3.8, 4) is 0 Å². The predicted octanol–water partition coefficient (Wildman–Crippen LogP) is 1.77. The monoisotopic (exact) mass is 197 g/mol. The summed E-state index contributed by atoms with van der Waals surface area (Å²) in [6, 6.07) is 0.414. The molecule has 0 aromatic heterocycles. The number of hydrogen-bond acceptors (Lipinski definition) is 2. The second-order valence-electron chi connectivity index (χ2n) is 5.48. The van der Waals surface area contributed by atoms with Crippen LogP contribution >= 0.6 is 0 Å². The molecular formula is C11H19NO2. The van der Waals surface area contributed by atoms with Gasteiger partial charge in [-0.3, -0.25) is 10.1 Å². The van der Waals surface area contributed by atoms with Crippen molar-refractivity contribution in [1.82, 2.24) is 5.32 Å². The van der Waals surface area contributed by atoms with Crippen LogP contribution in [0.2, 0.25) is 0 Å². The fourth-order valence-corrected chi connectivity index (χ4v) is 2.45. The molecule has 1 unspecified atom stereocenters. The molecule has 80 valence electrons. The van der Waals surface area contributed by atoms with Gasteiger partial charge in [-0.1, -0.05) is 26.7 Å². The number of hydrogen-bond donors (Lipinski definition) is 2. The minimum Gasteiger partial charge on any atom is -0.480 e. The van der Waals surface area contributed by atoms with E-state index in [2.05, 4.69) is 19.2 Å². The molecule has 0 heterocycles. The maximum atomic E-state index is 11.2. The molecule has 0 spiro atoms. The minimum atomic E-state index is -0.655. The maximum Gasteiger partial charge on any atom is 0.323 e. The van der Waals surface area contributed by atoms with Gasteiger partial charge >= 0.3 is 5.97 Å². The largest absolute Gasteiger partial charge is 0.480 e. The Morgan fingerprint density at radius 3 is 2.21 bits per heavy atom. The zero-order valence-electron chi connectivity index (χ0n) is 8.97. The second kappa shape index (κ2) is 2.96. The summed E-state index contributed by atoms with van der Waals surface area (Å²) in [5.74, 6) is -0.655. The van der Waals surface area contributed by atoms with E-state index in [1.807, 2.05) is 0 Å². The number of nitrogens with one attached hydrogen (secondary N) is 1. The number of carboxylic acid groups (broad SMARTS) is 1. The molecule has 0 aliphatic heterocycles. The van der Waals surface area contributed by atoms with Crippen LogP contribution in [0, 0.1) is 5.41 Å². The molecule has 0 aromatic carbocycles. The Morgan fingerprint density at radius 1 is 1.36 bits per heavy atom. The van der Waals surface area contributed by atoms with Gasteiger partial charge in [-0.15, -0.1) is 0 Å². The van der Waals surface area contributed by atoms with Gasteiger partial charge in [-0.05, 0) is 24.7 Å². The average Bonchev–Trinajstić information content (AvgIpc) is 2.51. The van der Waals surface area contributed by atoms with Crippen LogP contribution in [-0.4, -0.2) is 22.7 Å². The highest BCUT2D eigenvalue weighted by Crippen LogP contribution is 2.47. The smallest absolute Gasteiger partial charge is 0.323 e. The lowest BCUT2D eigenvalue weighted by atomic mass is 9.97. The molecular weight excluding hydrogens is 178 g/mol. The molecule has 2 aliphatic carbocycles. The molecule has 2 aliphatic rings. The third kappa shape index (κ3) is 1.54. The lowest BCUT2D eigenvalue weighted by Crippen LogP contribution is -2.51. The number of rotatable bonds is 3. The van der Waals surface area contributed by atoms with Crippen LogP contribution in [0.1, 0.15) is 46.0 Å². The lowest BCUT2D eigenvalue weighted by Gasteiger charge is -2.26. The Hall–Kier alpha value is -0.570. The first kappa shape index (κ1) is 9.97. The predicted molar refractivity (Wildman–Crippen MR) is 54.2 cm³/mol. The Labute approximate surface area is 84.9 Å². The fourth-order valence-electron chi connectivity index (χ4n) is 2.45. The van der Waals surface area contributed by atoms with Crippen molar-refractivity contribution < 1.29 is 9.90 Å². The highest BCUT2D eigenvalue weighted by atomic mass is 16.4. The van der Waals surface area contributed by atoms with Crippen LogP contribution in [0.25, 0.3) is 0 Å². The van der Waals surface area contributed by atoms with Gasteiger partial charge in [-0.2, -0.15) is 0 Å². The van der Waals surface area contributed by atoms with Crippen molar-refractivity contribution in [2.24, 2.45) is 5.41 Å². The summed E-state index contributed by atoms with van der Waals surface area (Å²) < 4.78 is 0. The quantitative estimate of drug-likeness (QED) is 0.725. The van der Waals surface area contributed by atoms with Crippen LogP contribution in [0.15, 0.2) is 0 Å². The third-order valence-corrected chi connectivity index (χ3v) is 3.83. The van der Waals surface area contributed by atoms with Gasteiger partial charge in [0.15, 0.2) is 0 Å². The maximum absolute atomic E-state index is 11.2. The summed E-state index contributed by atoms with van der Waals surface area (Å²) in [6.07, 6.45) is 4.81. The van der Waals surface area contributed by atoms with Crippen molar-refractivity contribution in [2.75, 3.05) is 0 Å². The minimum absolute atomic E-state index is 0.311. The topological polar surface area (TPSA) is 49.3 Å². The van der Waals surface area contributed by atoms with Gasteiger partial charge < -0.3 is 5.11 Å². The molecule has 3 heteroatoms. The molecule has 2 rings (SSSR count). The molecule has 0 radical (unpaired) electrons. The molecule has 2 saturated carbocycles. The highest BCUT2D eigenvalue weighted by Gasteiger charge is 2.52. The first-order chi connectivity index (χ1) is 6.46. The van der Waals surface area contributed by atoms with Gasteiger partial charge in [0.2, 0.25) is 0 Å². The summed E-state index contributed by atoms with van der Waals surface area (Å²) in [5, 5.41) is 12.6. The van der Waals surface area contributed by atoms with Gasteiger partial charge in [0, 0.05) is 6.04 Å². The zero-order valence-corrected chi connectivity index (χ0v) is 8.97. The Balaban J connectivity index is 2.02. The van der Waals surface area contributed by atoms with Gasteiger partial charge in [0.05, 0.1) is 0 Å². The van der Waals surface area contributed by atoms with Crippen molar-refractivity contribution in [2.45, 2.75) is 57.5 Å². The molecule has 2 fully saturated rings. The van der Waals surface area contributed by atoms with E-state index in [0.717, 1.165) is 32.1 Å². The van der Waals surface area contributed by atoms with Gasteiger partial charge in [-0.25, -0.2) is 0 Å². The Bertz CT molecular complexity index is 254. The molecule has 0 amide bonds.